The first-order chi connectivity index (χ1) is 11.8. The fraction of sp³-hybridized carbons (Fsp3) is 0.611. The van der Waals surface area contributed by atoms with E-state index >= 15 is 0 Å². The van der Waals surface area contributed by atoms with Gasteiger partial charge in [0.15, 0.2) is 5.96 Å². The molecule has 2 N–H and O–H groups in total. The highest BCUT2D eigenvalue weighted by Gasteiger charge is 2.22. The Bertz CT molecular complexity index is 540. The summed E-state index contributed by atoms with van der Waals surface area (Å²) in [6.07, 6.45) is 0.584. The third-order valence-electron chi connectivity index (χ3n) is 4.52. The SMILES string of the molecule is CCNC(=NCc1ccc(N2CCOCC2)cc1)N1CC[C@@H](O)C1. The van der Waals surface area contributed by atoms with Gasteiger partial charge in [0, 0.05) is 38.4 Å². The number of rotatable bonds is 4. The normalized spacial score (nSPS) is 22.1. The Morgan fingerprint density at radius 3 is 2.62 bits per heavy atom. The zero-order valence-electron chi connectivity index (χ0n) is 14.4. The van der Waals surface area contributed by atoms with E-state index in [-0.39, 0.29) is 6.10 Å². The first kappa shape index (κ1) is 17.0. The number of ether oxygens (including phenoxy) is 1. The van der Waals surface area contributed by atoms with Crippen LogP contribution in [0.25, 0.3) is 0 Å². The number of hydrogen-bond donors (Lipinski definition) is 2. The topological polar surface area (TPSA) is 60.3 Å². The number of anilines is 1. The highest BCUT2D eigenvalue weighted by molar-refractivity contribution is 5.80. The highest BCUT2D eigenvalue weighted by atomic mass is 16.5. The highest BCUT2D eigenvalue weighted by Crippen LogP contribution is 2.17. The summed E-state index contributed by atoms with van der Waals surface area (Å²) in [6.45, 7) is 8.61. The maximum Gasteiger partial charge on any atom is 0.194 e. The average molecular weight is 332 g/mol. The lowest BCUT2D eigenvalue weighted by atomic mass is 10.2. The van der Waals surface area contributed by atoms with E-state index < -0.39 is 0 Å². The molecule has 2 saturated heterocycles. The molecule has 0 aliphatic carbocycles. The van der Waals surface area contributed by atoms with Gasteiger partial charge in [0.2, 0.25) is 0 Å². The summed E-state index contributed by atoms with van der Waals surface area (Å²) in [5.41, 5.74) is 2.45. The lowest BCUT2D eigenvalue weighted by Crippen LogP contribution is -2.40. The number of β-amino-alcohol motifs (C(OH)–C–C–N with tert-alkyl or cyclic N) is 1. The molecule has 2 heterocycles. The number of aliphatic hydroxyl groups excluding tert-OH is 1. The zero-order chi connectivity index (χ0) is 16.8. The molecule has 132 valence electrons. The predicted octanol–water partition coefficient (Wildman–Crippen LogP) is 1.06. The summed E-state index contributed by atoms with van der Waals surface area (Å²) in [5.74, 6) is 0.895. The zero-order valence-corrected chi connectivity index (χ0v) is 14.4. The van der Waals surface area contributed by atoms with Crippen molar-refractivity contribution in [1.29, 1.82) is 0 Å². The van der Waals surface area contributed by atoms with Crippen LogP contribution in [-0.2, 0) is 11.3 Å². The summed E-state index contributed by atoms with van der Waals surface area (Å²) in [5, 5.41) is 13.0. The molecule has 0 aromatic heterocycles. The van der Waals surface area contributed by atoms with Crippen molar-refractivity contribution in [3.05, 3.63) is 29.8 Å². The molecule has 1 aromatic rings. The largest absolute Gasteiger partial charge is 0.391 e. The van der Waals surface area contributed by atoms with Gasteiger partial charge in [-0.05, 0) is 31.0 Å². The summed E-state index contributed by atoms with van der Waals surface area (Å²) in [7, 11) is 0. The van der Waals surface area contributed by atoms with Crippen LogP contribution >= 0.6 is 0 Å². The van der Waals surface area contributed by atoms with Gasteiger partial charge >= 0.3 is 0 Å². The van der Waals surface area contributed by atoms with E-state index in [4.69, 9.17) is 9.73 Å². The fourth-order valence-electron chi connectivity index (χ4n) is 3.16. The second-order valence-electron chi connectivity index (χ2n) is 6.32. The number of aliphatic imine (C=N–C) groups is 1. The summed E-state index contributed by atoms with van der Waals surface area (Å²) >= 11 is 0. The van der Waals surface area contributed by atoms with Crippen molar-refractivity contribution in [2.45, 2.75) is 26.0 Å². The Morgan fingerprint density at radius 1 is 1.25 bits per heavy atom. The standard InChI is InChI=1S/C18H28N4O2/c1-2-19-18(22-8-7-17(23)14-22)20-13-15-3-5-16(6-4-15)21-9-11-24-12-10-21/h3-6,17,23H,2,7-14H2,1H3,(H,19,20)/t17-/m1/s1. The molecule has 2 fully saturated rings. The first-order valence-corrected chi connectivity index (χ1v) is 8.89. The number of aliphatic hydroxyl groups is 1. The molecular formula is C18H28N4O2. The fourth-order valence-corrected chi connectivity index (χ4v) is 3.16. The van der Waals surface area contributed by atoms with Gasteiger partial charge in [-0.3, -0.25) is 0 Å². The van der Waals surface area contributed by atoms with Crippen LogP contribution < -0.4 is 10.2 Å². The summed E-state index contributed by atoms with van der Waals surface area (Å²) in [6, 6.07) is 8.64. The van der Waals surface area contributed by atoms with Crippen LogP contribution in [-0.4, -0.2) is 68.0 Å². The van der Waals surface area contributed by atoms with Crippen molar-refractivity contribution in [2.24, 2.45) is 4.99 Å². The molecule has 24 heavy (non-hydrogen) atoms. The van der Waals surface area contributed by atoms with Crippen molar-refractivity contribution >= 4 is 11.6 Å². The summed E-state index contributed by atoms with van der Waals surface area (Å²) in [4.78, 5) is 9.22. The molecule has 0 bridgehead atoms. The van der Waals surface area contributed by atoms with Crippen LogP contribution in [0.1, 0.15) is 18.9 Å². The molecule has 1 atom stereocenters. The number of hydrogen-bond acceptors (Lipinski definition) is 4. The molecule has 0 amide bonds. The molecule has 2 aliphatic heterocycles. The minimum absolute atomic E-state index is 0.235. The third-order valence-corrected chi connectivity index (χ3v) is 4.52. The van der Waals surface area contributed by atoms with Crippen molar-refractivity contribution < 1.29 is 9.84 Å². The van der Waals surface area contributed by atoms with Crippen LogP contribution in [0.5, 0.6) is 0 Å². The molecule has 6 heteroatoms. The van der Waals surface area contributed by atoms with E-state index in [9.17, 15) is 5.11 Å². The van der Waals surface area contributed by atoms with Crippen LogP contribution in [0, 0.1) is 0 Å². The van der Waals surface area contributed by atoms with E-state index in [1.165, 1.54) is 11.3 Å². The van der Waals surface area contributed by atoms with E-state index in [0.29, 0.717) is 13.1 Å². The average Bonchev–Trinajstić information content (AvgIpc) is 3.06. The van der Waals surface area contributed by atoms with E-state index in [0.717, 1.165) is 51.8 Å². The van der Waals surface area contributed by atoms with Gasteiger partial charge in [-0.25, -0.2) is 4.99 Å². The van der Waals surface area contributed by atoms with Crippen LogP contribution in [0.4, 0.5) is 5.69 Å². The molecular weight excluding hydrogens is 304 g/mol. The monoisotopic (exact) mass is 332 g/mol. The molecule has 0 radical (unpaired) electrons. The maximum atomic E-state index is 9.72. The van der Waals surface area contributed by atoms with Crippen LogP contribution in [0.15, 0.2) is 29.3 Å². The molecule has 1 aromatic carbocycles. The van der Waals surface area contributed by atoms with Crippen molar-refractivity contribution in [1.82, 2.24) is 10.2 Å². The lowest BCUT2D eigenvalue weighted by molar-refractivity contribution is 0.122. The Balaban J connectivity index is 1.61. The molecule has 6 nitrogen and oxygen atoms in total. The third kappa shape index (κ3) is 4.39. The summed E-state index contributed by atoms with van der Waals surface area (Å²) < 4.78 is 5.40. The van der Waals surface area contributed by atoms with Crippen LogP contribution in [0.3, 0.4) is 0 Å². The van der Waals surface area contributed by atoms with Gasteiger partial charge in [-0.15, -0.1) is 0 Å². The van der Waals surface area contributed by atoms with Gasteiger partial charge in [0.25, 0.3) is 0 Å². The van der Waals surface area contributed by atoms with Gasteiger partial charge in [0.1, 0.15) is 0 Å². The molecule has 0 spiro atoms. The van der Waals surface area contributed by atoms with Gasteiger partial charge in [0.05, 0.1) is 25.9 Å². The second kappa shape index (κ2) is 8.35. The van der Waals surface area contributed by atoms with Crippen molar-refractivity contribution in [2.75, 3.05) is 50.8 Å². The number of likely N-dealkylation sites (tertiary alicyclic amines) is 1. The van der Waals surface area contributed by atoms with Crippen molar-refractivity contribution in [3.8, 4) is 0 Å². The van der Waals surface area contributed by atoms with Crippen molar-refractivity contribution in [3.63, 3.8) is 0 Å². The Kier molecular flexibility index (Phi) is 5.93. The molecule has 0 saturated carbocycles. The Morgan fingerprint density at radius 2 is 2.00 bits per heavy atom. The molecule has 3 rings (SSSR count). The van der Waals surface area contributed by atoms with Crippen LogP contribution in [0.2, 0.25) is 0 Å². The number of guanidine groups is 1. The Labute approximate surface area is 144 Å². The van der Waals surface area contributed by atoms with Gasteiger partial charge in [-0.1, -0.05) is 12.1 Å². The number of morpholine rings is 1. The second-order valence-corrected chi connectivity index (χ2v) is 6.32. The number of nitrogens with zero attached hydrogens (tertiary/aromatic N) is 3. The smallest absolute Gasteiger partial charge is 0.194 e. The first-order valence-electron chi connectivity index (χ1n) is 8.89. The minimum atomic E-state index is -0.235. The quantitative estimate of drug-likeness (QED) is 0.638. The number of nitrogens with one attached hydrogen (secondary N) is 1. The predicted molar refractivity (Wildman–Crippen MR) is 96.5 cm³/mol. The molecule has 0 unspecified atom stereocenters. The Hall–Kier alpha value is -1.79. The van der Waals surface area contributed by atoms with E-state index in [1.807, 2.05) is 0 Å². The number of benzene rings is 1. The lowest BCUT2D eigenvalue weighted by Gasteiger charge is -2.28. The van der Waals surface area contributed by atoms with Gasteiger partial charge in [-0.2, -0.15) is 0 Å². The van der Waals surface area contributed by atoms with E-state index in [2.05, 4.69) is 46.3 Å². The minimum Gasteiger partial charge on any atom is -0.391 e. The van der Waals surface area contributed by atoms with Gasteiger partial charge < -0.3 is 25.0 Å². The molecule has 2 aliphatic rings. The maximum absolute atomic E-state index is 9.72. The van der Waals surface area contributed by atoms with E-state index in [1.54, 1.807) is 0 Å².